The molecular weight excluding hydrogens is 324 g/mol. The Morgan fingerprint density at radius 1 is 1.00 bits per heavy atom. The van der Waals surface area contributed by atoms with Crippen molar-refractivity contribution in [1.29, 1.82) is 0 Å². The van der Waals surface area contributed by atoms with Gasteiger partial charge in [-0.3, -0.25) is 4.79 Å². The monoisotopic (exact) mass is 326 g/mol. The summed E-state index contributed by atoms with van der Waals surface area (Å²) in [5.41, 5.74) is -1.35. The molecule has 0 aromatic heterocycles. The molecule has 10 heteroatoms. The largest absolute Gasteiger partial charge is 0.460 e. The van der Waals surface area contributed by atoms with Crippen LogP contribution in [0.4, 0.5) is 35.1 Å². The van der Waals surface area contributed by atoms with Crippen LogP contribution < -0.4 is 0 Å². The molecule has 0 aliphatic carbocycles. The van der Waals surface area contributed by atoms with E-state index in [1.165, 1.54) is 0 Å². The number of rotatable bonds is 3. The minimum Gasteiger partial charge on any atom is -0.287 e. The first-order valence-corrected chi connectivity index (χ1v) is 5.02. The summed E-state index contributed by atoms with van der Waals surface area (Å²) in [6.45, 7) is 0. The highest BCUT2D eigenvalue weighted by atomic mass is 35.5. The van der Waals surface area contributed by atoms with E-state index in [1.807, 2.05) is 0 Å². The summed E-state index contributed by atoms with van der Waals surface area (Å²) < 4.78 is 99.8. The third-order valence-corrected chi connectivity index (χ3v) is 2.52. The van der Waals surface area contributed by atoms with Gasteiger partial charge in [-0.1, -0.05) is 11.6 Å². The molecule has 0 amide bonds. The highest BCUT2D eigenvalue weighted by Crippen LogP contribution is 2.48. The highest BCUT2D eigenvalue weighted by Gasteiger charge is 2.76. The van der Waals surface area contributed by atoms with Crippen LogP contribution in [-0.4, -0.2) is 23.8 Å². The number of Topliss-reactive ketones (excluding diaryl/α,β-unsaturated/α-hetero) is 1. The van der Waals surface area contributed by atoms with Crippen LogP contribution in [0, 0.1) is 5.82 Å². The van der Waals surface area contributed by atoms with Gasteiger partial charge in [0.15, 0.2) is 0 Å². The molecule has 0 unspecified atom stereocenters. The third kappa shape index (κ3) is 2.58. The van der Waals surface area contributed by atoms with Crippen molar-refractivity contribution in [2.45, 2.75) is 18.0 Å². The van der Waals surface area contributed by atoms with Gasteiger partial charge in [0.25, 0.3) is 0 Å². The number of hydrogen-bond donors (Lipinski definition) is 0. The van der Waals surface area contributed by atoms with Crippen molar-refractivity contribution in [2.24, 2.45) is 0 Å². The maximum Gasteiger partial charge on any atom is 0.460 e. The van der Waals surface area contributed by atoms with Crippen molar-refractivity contribution in [3.8, 4) is 0 Å². The number of alkyl halides is 7. The zero-order valence-electron chi connectivity index (χ0n) is 9.04. The second kappa shape index (κ2) is 4.87. The van der Waals surface area contributed by atoms with Gasteiger partial charge in [-0.15, -0.1) is 0 Å². The number of carbonyl (C=O) groups is 1. The molecule has 0 aliphatic rings. The van der Waals surface area contributed by atoms with Crippen molar-refractivity contribution in [3.05, 3.63) is 34.6 Å². The molecule has 0 saturated carbocycles. The fraction of sp³-hybridized carbons (Fsp3) is 0.300. The van der Waals surface area contributed by atoms with E-state index in [2.05, 4.69) is 0 Å². The van der Waals surface area contributed by atoms with Crippen molar-refractivity contribution in [1.82, 2.24) is 0 Å². The molecule has 0 heterocycles. The molecule has 1 aromatic rings. The number of benzene rings is 1. The SMILES string of the molecule is O=C(c1ccc(F)cc1Cl)C(F)(F)C(F)(F)C(F)(F)F. The standard InChI is InChI=1S/C10H3ClF8O/c11-6-3-4(12)1-2-5(6)7(20)8(13,14)9(15,16)10(17,18)19/h1-3H. The summed E-state index contributed by atoms with van der Waals surface area (Å²) in [7, 11) is 0. The maximum absolute atomic E-state index is 13.1. The highest BCUT2D eigenvalue weighted by molar-refractivity contribution is 6.34. The first-order chi connectivity index (χ1) is 8.82. The fourth-order valence-electron chi connectivity index (χ4n) is 1.16. The summed E-state index contributed by atoms with van der Waals surface area (Å²) in [4.78, 5) is 11.2. The van der Waals surface area contributed by atoms with Gasteiger partial charge in [-0.2, -0.15) is 30.7 Å². The van der Waals surface area contributed by atoms with Crippen molar-refractivity contribution in [2.75, 3.05) is 0 Å². The van der Waals surface area contributed by atoms with E-state index in [0.29, 0.717) is 18.2 Å². The normalized spacial score (nSPS) is 13.4. The number of carbonyl (C=O) groups excluding carboxylic acids is 1. The van der Waals surface area contributed by atoms with E-state index in [1.54, 1.807) is 0 Å². The van der Waals surface area contributed by atoms with Crippen LogP contribution in [0.2, 0.25) is 5.02 Å². The molecular formula is C10H3ClF8O. The Morgan fingerprint density at radius 2 is 1.50 bits per heavy atom. The maximum atomic E-state index is 13.1. The number of ketones is 1. The van der Waals surface area contributed by atoms with Gasteiger partial charge >= 0.3 is 18.0 Å². The summed E-state index contributed by atoms with van der Waals surface area (Å²) in [6.07, 6.45) is -6.64. The Balaban J connectivity index is 3.32. The van der Waals surface area contributed by atoms with Crippen LogP contribution >= 0.6 is 11.6 Å². The van der Waals surface area contributed by atoms with Crippen LogP contribution in [0.5, 0.6) is 0 Å². The van der Waals surface area contributed by atoms with E-state index in [0.717, 1.165) is 0 Å². The predicted octanol–water partition coefficient (Wildman–Crippen LogP) is 4.49. The lowest BCUT2D eigenvalue weighted by molar-refractivity contribution is -0.339. The van der Waals surface area contributed by atoms with Crippen molar-refractivity contribution >= 4 is 17.4 Å². The van der Waals surface area contributed by atoms with Gasteiger partial charge in [-0.05, 0) is 18.2 Å². The lowest BCUT2D eigenvalue weighted by atomic mass is 10.00. The van der Waals surface area contributed by atoms with E-state index in [-0.39, 0.29) is 0 Å². The molecule has 0 atom stereocenters. The zero-order valence-corrected chi connectivity index (χ0v) is 9.80. The Kier molecular flexibility index (Phi) is 4.06. The van der Waals surface area contributed by atoms with Gasteiger partial charge in [0, 0.05) is 5.56 Å². The molecule has 0 fully saturated rings. The third-order valence-electron chi connectivity index (χ3n) is 2.21. The average Bonchev–Trinajstić information content (AvgIpc) is 2.26. The van der Waals surface area contributed by atoms with Crippen molar-refractivity contribution < 1.29 is 39.9 Å². The quantitative estimate of drug-likeness (QED) is 0.590. The molecule has 0 N–H and O–H groups in total. The van der Waals surface area contributed by atoms with Gasteiger partial charge in [0.1, 0.15) is 5.82 Å². The predicted molar refractivity (Wildman–Crippen MR) is 51.7 cm³/mol. The fourth-order valence-corrected chi connectivity index (χ4v) is 1.42. The molecule has 1 nitrogen and oxygen atoms in total. The topological polar surface area (TPSA) is 17.1 Å². The molecule has 0 aliphatic heterocycles. The smallest absolute Gasteiger partial charge is 0.287 e. The minimum absolute atomic E-state index is 0.292. The summed E-state index contributed by atoms with van der Waals surface area (Å²) >= 11 is 5.17. The van der Waals surface area contributed by atoms with Gasteiger partial charge in [0.2, 0.25) is 5.78 Å². The van der Waals surface area contributed by atoms with Crippen LogP contribution in [-0.2, 0) is 0 Å². The summed E-state index contributed by atoms with van der Waals surface area (Å²) in [5, 5.41) is -1.01. The van der Waals surface area contributed by atoms with Crippen LogP contribution in [0.3, 0.4) is 0 Å². The van der Waals surface area contributed by atoms with E-state index in [4.69, 9.17) is 11.6 Å². The lowest BCUT2D eigenvalue weighted by Gasteiger charge is -2.27. The molecule has 20 heavy (non-hydrogen) atoms. The molecule has 0 spiro atoms. The van der Waals surface area contributed by atoms with Gasteiger partial charge in [-0.25, -0.2) is 4.39 Å². The Morgan fingerprint density at radius 3 is 1.90 bits per heavy atom. The number of hydrogen-bond acceptors (Lipinski definition) is 1. The average molecular weight is 327 g/mol. The van der Waals surface area contributed by atoms with Crippen LogP contribution in [0.25, 0.3) is 0 Å². The summed E-state index contributed by atoms with van der Waals surface area (Å²) in [5.74, 6) is -16.6. The van der Waals surface area contributed by atoms with E-state index in [9.17, 15) is 39.9 Å². The van der Waals surface area contributed by atoms with Gasteiger partial charge < -0.3 is 0 Å². The molecule has 0 bridgehead atoms. The zero-order chi connectivity index (χ0) is 15.9. The lowest BCUT2D eigenvalue weighted by Crippen LogP contribution is -2.56. The molecule has 112 valence electrons. The van der Waals surface area contributed by atoms with Crippen LogP contribution in [0.15, 0.2) is 18.2 Å². The minimum atomic E-state index is -6.64. The van der Waals surface area contributed by atoms with Gasteiger partial charge in [0.05, 0.1) is 5.02 Å². The van der Waals surface area contributed by atoms with Crippen LogP contribution in [0.1, 0.15) is 10.4 Å². The Bertz CT molecular complexity index is 537. The molecule has 1 aromatic carbocycles. The summed E-state index contributed by atoms with van der Waals surface area (Å²) in [6, 6.07) is 1.04. The molecule has 0 saturated heterocycles. The molecule has 1 rings (SSSR count). The Labute approximate surface area is 111 Å². The molecule has 0 radical (unpaired) electrons. The number of halogens is 9. The van der Waals surface area contributed by atoms with E-state index < -0.39 is 40.2 Å². The second-order valence-corrected chi connectivity index (χ2v) is 4.01. The van der Waals surface area contributed by atoms with E-state index >= 15 is 0 Å². The Hall–Kier alpha value is -1.38. The second-order valence-electron chi connectivity index (χ2n) is 3.60. The first kappa shape index (κ1) is 16.7. The first-order valence-electron chi connectivity index (χ1n) is 4.64. The van der Waals surface area contributed by atoms with Crippen molar-refractivity contribution in [3.63, 3.8) is 0 Å².